The van der Waals surface area contributed by atoms with Crippen LogP contribution in [0.3, 0.4) is 0 Å². The van der Waals surface area contributed by atoms with Gasteiger partial charge in [-0.25, -0.2) is 23.5 Å². The maximum absolute atomic E-state index is 14.3. The Morgan fingerprint density at radius 1 is 0.733 bits per heavy atom. The minimum absolute atomic E-state index is 0. The maximum atomic E-state index is 14.3. The van der Waals surface area contributed by atoms with E-state index in [9.17, 15) is 28.0 Å². The number of hydrogen-bond donors (Lipinski definition) is 3. The van der Waals surface area contributed by atoms with Crippen molar-refractivity contribution >= 4 is 47.7 Å². The first-order chi connectivity index (χ1) is 28.4. The standard InChI is InChI=1S/C19H17FN6O3.C10H8FN3O2.C9H11N3O2.ClH/c1-25-17-15(6-4-8-22-17)29-11-14(19(25)28)23-18(27)16-13(20)10-26(24-16)9-12-5-2-3-7-21-12;11-8-6-14(13-9(8)10(15)16)5-7-3-1-2-4-12-7;1-12-8-7(3-2-4-11-8)14-5-6(10)9(12)13;/h2-8,10,14H,9,11H2,1H3,(H,23,27);1-4,6H,5H2,(H,15,16);2-4,6H,5,10H2,1H3;1H/t14-;;6-;/m0.0./s1. The Hall–Kier alpha value is -7.39. The zero-order valence-electron chi connectivity index (χ0n) is 31.8. The summed E-state index contributed by atoms with van der Waals surface area (Å²) in [6, 6.07) is 15.9. The van der Waals surface area contributed by atoms with E-state index in [0.29, 0.717) is 34.5 Å². The molecular formula is C38H37ClF2N12O7. The predicted octanol–water partition coefficient (Wildman–Crippen LogP) is 2.36. The molecule has 6 aromatic rings. The molecule has 0 fully saturated rings. The predicted molar refractivity (Wildman–Crippen MR) is 211 cm³/mol. The molecule has 6 aromatic heterocycles. The largest absolute Gasteiger partial charge is 0.488 e. The van der Waals surface area contributed by atoms with Crippen molar-refractivity contribution in [1.29, 1.82) is 0 Å². The fraction of sp³-hybridized carbons (Fsp3) is 0.211. The number of carbonyl (C=O) groups excluding carboxylic acids is 3. The van der Waals surface area contributed by atoms with Crippen LogP contribution in [-0.2, 0) is 22.7 Å². The monoisotopic (exact) mass is 846 g/mol. The van der Waals surface area contributed by atoms with Crippen LogP contribution in [0.25, 0.3) is 0 Å². The minimum Gasteiger partial charge on any atom is -0.488 e. The Balaban J connectivity index is 0.000000186. The number of hydrogen-bond acceptors (Lipinski definition) is 13. The van der Waals surface area contributed by atoms with Gasteiger partial charge in [0.05, 0.1) is 36.9 Å². The van der Waals surface area contributed by atoms with E-state index in [1.54, 1.807) is 86.3 Å². The second-order valence-corrected chi connectivity index (χ2v) is 12.7. The molecule has 19 nitrogen and oxygen atoms in total. The number of ether oxygens (including phenoxy) is 2. The van der Waals surface area contributed by atoms with Crippen LogP contribution < -0.4 is 30.3 Å². The van der Waals surface area contributed by atoms with Gasteiger partial charge in [0.2, 0.25) is 11.6 Å². The molecule has 0 spiro atoms. The van der Waals surface area contributed by atoms with E-state index < -0.39 is 52.9 Å². The third-order valence-corrected chi connectivity index (χ3v) is 8.49. The van der Waals surface area contributed by atoms with Crippen LogP contribution in [0.2, 0.25) is 0 Å². The Labute approximate surface area is 346 Å². The highest BCUT2D eigenvalue weighted by atomic mass is 35.5. The number of nitrogens with two attached hydrogens (primary N) is 1. The van der Waals surface area contributed by atoms with Crippen LogP contribution in [-0.4, -0.2) is 108 Å². The number of aromatic carboxylic acids is 1. The Bertz CT molecular complexity index is 2440. The molecule has 0 aromatic carbocycles. The van der Waals surface area contributed by atoms with Gasteiger partial charge < -0.3 is 25.6 Å². The fourth-order valence-corrected chi connectivity index (χ4v) is 5.58. The summed E-state index contributed by atoms with van der Waals surface area (Å²) in [5, 5.41) is 18.7. The van der Waals surface area contributed by atoms with Gasteiger partial charge >= 0.3 is 5.97 Å². The fourth-order valence-electron chi connectivity index (χ4n) is 5.58. The molecule has 2 aliphatic heterocycles. The van der Waals surface area contributed by atoms with Gasteiger partial charge in [-0.2, -0.15) is 10.2 Å². The first-order valence-electron chi connectivity index (χ1n) is 17.7. The molecule has 0 bridgehead atoms. The van der Waals surface area contributed by atoms with Crippen molar-refractivity contribution in [3.8, 4) is 11.5 Å². The van der Waals surface area contributed by atoms with Crippen LogP contribution in [0.15, 0.2) is 97.8 Å². The zero-order chi connectivity index (χ0) is 42.1. The van der Waals surface area contributed by atoms with Crippen LogP contribution in [0.1, 0.15) is 32.4 Å². The molecule has 0 radical (unpaired) electrons. The molecule has 3 amide bonds. The normalized spacial score (nSPS) is 15.4. The lowest BCUT2D eigenvalue weighted by Gasteiger charge is -2.19. The minimum atomic E-state index is -1.38. The van der Waals surface area contributed by atoms with Gasteiger partial charge in [-0.1, -0.05) is 12.1 Å². The van der Waals surface area contributed by atoms with E-state index in [-0.39, 0.29) is 44.6 Å². The van der Waals surface area contributed by atoms with E-state index in [1.807, 2.05) is 0 Å². The third-order valence-electron chi connectivity index (χ3n) is 8.49. The molecule has 2 aliphatic rings. The smallest absolute Gasteiger partial charge is 0.359 e. The van der Waals surface area contributed by atoms with Crippen LogP contribution in [0.4, 0.5) is 20.4 Å². The number of amides is 3. The van der Waals surface area contributed by atoms with E-state index in [0.717, 1.165) is 12.4 Å². The van der Waals surface area contributed by atoms with Crippen LogP contribution >= 0.6 is 12.4 Å². The first-order valence-corrected chi connectivity index (χ1v) is 17.7. The molecule has 2 atom stereocenters. The summed E-state index contributed by atoms with van der Waals surface area (Å²) < 4.78 is 40.8. The number of aromatic nitrogens is 8. The topological polar surface area (TPSA) is 239 Å². The lowest BCUT2D eigenvalue weighted by molar-refractivity contribution is -0.121. The summed E-state index contributed by atoms with van der Waals surface area (Å²) in [7, 11) is 3.17. The number of anilines is 2. The molecule has 312 valence electrons. The molecule has 4 N–H and O–H groups in total. The van der Waals surface area contributed by atoms with Gasteiger partial charge in [-0.15, -0.1) is 12.4 Å². The van der Waals surface area contributed by atoms with Crippen molar-refractivity contribution in [2.45, 2.75) is 25.2 Å². The third kappa shape index (κ3) is 10.6. The highest BCUT2D eigenvalue weighted by molar-refractivity contribution is 6.02. The van der Waals surface area contributed by atoms with Crippen molar-refractivity contribution in [3.05, 3.63) is 132 Å². The van der Waals surface area contributed by atoms with Crippen molar-refractivity contribution < 1.29 is 42.5 Å². The van der Waals surface area contributed by atoms with Gasteiger partial charge in [-0.05, 0) is 48.5 Å². The molecule has 0 saturated heterocycles. The van der Waals surface area contributed by atoms with Gasteiger partial charge in [0.25, 0.3) is 11.8 Å². The SMILES string of the molecule is CN1C(=O)[C@@H](N)COc2cccnc21.CN1C(=O)[C@@H](NC(=O)c2nn(Cc3ccccn3)cc2F)COc2cccnc21.Cl.O=C(O)c1nn(Cc2ccccn2)cc1F. The van der Waals surface area contributed by atoms with Crippen molar-refractivity contribution in [3.63, 3.8) is 0 Å². The quantitative estimate of drug-likeness (QED) is 0.209. The average Bonchev–Trinajstić information content (AvgIpc) is 3.75. The van der Waals surface area contributed by atoms with Crippen molar-refractivity contribution in [1.82, 2.24) is 44.8 Å². The van der Waals surface area contributed by atoms with Gasteiger partial charge in [0, 0.05) is 38.9 Å². The highest BCUT2D eigenvalue weighted by Crippen LogP contribution is 2.28. The van der Waals surface area contributed by atoms with Crippen LogP contribution in [0.5, 0.6) is 11.5 Å². The number of nitrogens with zero attached hydrogens (tertiary/aromatic N) is 10. The Kier molecular flexibility index (Phi) is 14.5. The molecule has 0 aliphatic carbocycles. The average molecular weight is 847 g/mol. The summed E-state index contributed by atoms with van der Waals surface area (Å²) in [6.45, 7) is 0.539. The molecule has 22 heteroatoms. The molecule has 8 heterocycles. The number of pyridine rings is 4. The zero-order valence-corrected chi connectivity index (χ0v) is 32.6. The Morgan fingerprint density at radius 3 is 1.72 bits per heavy atom. The Morgan fingerprint density at radius 2 is 1.22 bits per heavy atom. The summed E-state index contributed by atoms with van der Waals surface area (Å²) in [5.41, 5.74) is 5.97. The summed E-state index contributed by atoms with van der Waals surface area (Å²) in [4.78, 5) is 66.5. The van der Waals surface area contributed by atoms with Crippen LogP contribution in [0, 0.1) is 11.6 Å². The van der Waals surface area contributed by atoms with Crippen molar-refractivity contribution in [2.24, 2.45) is 5.73 Å². The van der Waals surface area contributed by atoms with E-state index in [1.165, 1.54) is 32.4 Å². The second-order valence-electron chi connectivity index (χ2n) is 12.7. The first kappa shape index (κ1) is 43.7. The number of rotatable bonds is 7. The van der Waals surface area contributed by atoms with Crippen molar-refractivity contribution in [2.75, 3.05) is 37.1 Å². The van der Waals surface area contributed by atoms with Gasteiger partial charge in [0.1, 0.15) is 25.3 Å². The maximum Gasteiger partial charge on any atom is 0.359 e. The lowest BCUT2D eigenvalue weighted by Crippen LogP contribution is -2.49. The number of likely N-dealkylation sites (N-methyl/N-ethyl adjacent to an activating group) is 2. The number of carboxylic acids is 1. The molecule has 60 heavy (non-hydrogen) atoms. The van der Waals surface area contributed by atoms with E-state index in [2.05, 4.69) is 35.5 Å². The van der Waals surface area contributed by atoms with Gasteiger partial charge in [0.15, 0.2) is 40.5 Å². The molecule has 8 rings (SSSR count). The number of carboxylic acid groups (broad SMARTS) is 1. The van der Waals surface area contributed by atoms with Gasteiger partial charge in [-0.3, -0.25) is 43.5 Å². The number of carbonyl (C=O) groups is 4. The highest BCUT2D eigenvalue weighted by Gasteiger charge is 2.33. The number of fused-ring (bicyclic) bond motifs is 2. The second kappa shape index (κ2) is 19.8. The number of nitrogens with one attached hydrogen (secondary N) is 1. The summed E-state index contributed by atoms with van der Waals surface area (Å²) in [5.74, 6) is -2.55. The molecular weight excluding hydrogens is 810 g/mol. The lowest BCUT2D eigenvalue weighted by atomic mass is 10.2. The summed E-state index contributed by atoms with van der Waals surface area (Å²) in [6.07, 6.45) is 8.52. The van der Waals surface area contributed by atoms with E-state index >= 15 is 0 Å². The summed E-state index contributed by atoms with van der Waals surface area (Å²) >= 11 is 0. The molecule has 0 saturated carbocycles. The molecule has 0 unspecified atom stereocenters. The number of halogens is 3. The van der Waals surface area contributed by atoms with E-state index in [4.69, 9.17) is 20.3 Å².